The third kappa shape index (κ3) is 2.82. The fraction of sp³-hybridized carbons (Fsp3) is 0.154. The van der Waals surface area contributed by atoms with Crippen molar-refractivity contribution in [3.63, 3.8) is 0 Å². The number of nitrogens with zero attached hydrogens (tertiary/aromatic N) is 2. The molecular formula is C13H13N3O2. The Morgan fingerprint density at radius 3 is 2.72 bits per heavy atom. The number of amides is 1. The molecule has 2 aromatic rings. The lowest BCUT2D eigenvalue weighted by molar-refractivity contribution is 0.102. The molecule has 0 radical (unpaired) electrons. The van der Waals surface area contributed by atoms with Gasteiger partial charge in [0.2, 0.25) is 0 Å². The van der Waals surface area contributed by atoms with E-state index in [2.05, 4.69) is 15.5 Å². The summed E-state index contributed by atoms with van der Waals surface area (Å²) in [4.78, 5) is 11.9. The average Bonchev–Trinajstić information content (AvgIpc) is 2.39. The van der Waals surface area contributed by atoms with Crippen LogP contribution in [0, 0.1) is 6.92 Å². The number of ether oxygens (including phenoxy) is 1. The number of methoxy groups -OCH3 is 1. The summed E-state index contributed by atoms with van der Waals surface area (Å²) in [5, 5.41) is 10.4. The molecule has 0 aliphatic heterocycles. The van der Waals surface area contributed by atoms with E-state index < -0.39 is 0 Å². The lowest BCUT2D eigenvalue weighted by atomic mass is 10.3. The summed E-state index contributed by atoms with van der Waals surface area (Å²) in [6.45, 7) is 1.82. The Labute approximate surface area is 105 Å². The predicted molar refractivity (Wildman–Crippen MR) is 67.7 cm³/mol. The Balaban J connectivity index is 2.13. The Morgan fingerprint density at radius 1 is 1.22 bits per heavy atom. The van der Waals surface area contributed by atoms with Gasteiger partial charge in [0, 0.05) is 11.8 Å². The van der Waals surface area contributed by atoms with Crippen LogP contribution in [0.5, 0.6) is 5.75 Å². The fourth-order valence-corrected chi connectivity index (χ4v) is 1.42. The number of nitrogens with one attached hydrogen (secondary N) is 1. The first-order chi connectivity index (χ1) is 8.69. The molecule has 0 bridgehead atoms. The van der Waals surface area contributed by atoms with Gasteiger partial charge in [-0.3, -0.25) is 4.79 Å². The van der Waals surface area contributed by atoms with E-state index in [1.807, 2.05) is 6.92 Å². The summed E-state index contributed by atoms with van der Waals surface area (Å²) < 4.78 is 5.08. The van der Waals surface area contributed by atoms with Gasteiger partial charge in [0.15, 0.2) is 5.69 Å². The lowest BCUT2D eigenvalue weighted by Gasteiger charge is -2.06. The van der Waals surface area contributed by atoms with Crippen molar-refractivity contribution in [1.82, 2.24) is 10.2 Å². The number of rotatable bonds is 3. The van der Waals surface area contributed by atoms with Crippen LogP contribution in [0.25, 0.3) is 0 Å². The molecule has 18 heavy (non-hydrogen) atoms. The van der Waals surface area contributed by atoms with Crippen LogP contribution in [0.1, 0.15) is 16.2 Å². The third-order valence-electron chi connectivity index (χ3n) is 2.36. The Morgan fingerprint density at radius 2 is 2.06 bits per heavy atom. The van der Waals surface area contributed by atoms with Gasteiger partial charge in [-0.05, 0) is 31.2 Å². The van der Waals surface area contributed by atoms with Gasteiger partial charge in [0.1, 0.15) is 5.75 Å². The second-order valence-corrected chi connectivity index (χ2v) is 3.75. The molecule has 0 aliphatic carbocycles. The minimum absolute atomic E-state index is 0.281. The van der Waals surface area contributed by atoms with Gasteiger partial charge in [-0.15, -0.1) is 5.10 Å². The summed E-state index contributed by atoms with van der Waals surface area (Å²) in [6, 6.07) is 10.5. The first-order valence-electron chi connectivity index (χ1n) is 5.45. The number of carbonyl (C=O) groups excluding carboxylic acids is 1. The van der Waals surface area contributed by atoms with E-state index in [0.717, 1.165) is 5.69 Å². The van der Waals surface area contributed by atoms with Gasteiger partial charge >= 0.3 is 0 Å². The van der Waals surface area contributed by atoms with E-state index in [0.29, 0.717) is 11.4 Å². The second-order valence-electron chi connectivity index (χ2n) is 3.75. The largest absolute Gasteiger partial charge is 0.497 e. The van der Waals surface area contributed by atoms with E-state index in [1.165, 1.54) is 0 Å². The SMILES string of the molecule is COc1cccc(NC(=O)c2ccc(C)nn2)c1. The van der Waals surface area contributed by atoms with Gasteiger partial charge in [-0.1, -0.05) is 6.07 Å². The smallest absolute Gasteiger partial charge is 0.276 e. The molecule has 5 nitrogen and oxygen atoms in total. The molecule has 5 heteroatoms. The van der Waals surface area contributed by atoms with Gasteiger partial charge in [-0.25, -0.2) is 0 Å². The highest BCUT2D eigenvalue weighted by molar-refractivity contribution is 6.02. The van der Waals surface area contributed by atoms with E-state index in [1.54, 1.807) is 43.5 Å². The maximum absolute atomic E-state index is 11.9. The monoisotopic (exact) mass is 243 g/mol. The number of aryl methyl sites for hydroxylation is 1. The second kappa shape index (κ2) is 5.27. The van der Waals surface area contributed by atoms with Crippen LogP contribution in [0.4, 0.5) is 5.69 Å². The minimum Gasteiger partial charge on any atom is -0.497 e. The number of aromatic nitrogens is 2. The van der Waals surface area contributed by atoms with Crippen LogP contribution >= 0.6 is 0 Å². The number of hydrogen-bond donors (Lipinski definition) is 1. The van der Waals surface area contributed by atoms with E-state index >= 15 is 0 Å². The molecule has 1 N–H and O–H groups in total. The number of carbonyl (C=O) groups is 1. The zero-order valence-corrected chi connectivity index (χ0v) is 10.2. The molecule has 1 aromatic carbocycles. The molecule has 0 saturated heterocycles. The molecule has 0 fully saturated rings. The van der Waals surface area contributed by atoms with E-state index in [9.17, 15) is 4.79 Å². The molecule has 92 valence electrons. The van der Waals surface area contributed by atoms with Crippen LogP contribution in [0.15, 0.2) is 36.4 Å². The Bertz CT molecular complexity index is 552. The van der Waals surface area contributed by atoms with Gasteiger partial charge in [0.05, 0.1) is 12.8 Å². The highest BCUT2D eigenvalue weighted by Gasteiger charge is 2.08. The fourth-order valence-electron chi connectivity index (χ4n) is 1.42. The van der Waals surface area contributed by atoms with Crippen molar-refractivity contribution in [3.05, 3.63) is 47.8 Å². The van der Waals surface area contributed by atoms with Crippen LogP contribution < -0.4 is 10.1 Å². The van der Waals surface area contributed by atoms with Crippen LogP contribution in [-0.2, 0) is 0 Å². The quantitative estimate of drug-likeness (QED) is 0.896. The highest BCUT2D eigenvalue weighted by Crippen LogP contribution is 2.17. The normalized spacial score (nSPS) is 9.89. The molecule has 1 aromatic heterocycles. The number of benzene rings is 1. The summed E-state index contributed by atoms with van der Waals surface area (Å²) in [6.07, 6.45) is 0. The molecule has 1 amide bonds. The minimum atomic E-state index is -0.296. The predicted octanol–water partition coefficient (Wildman–Crippen LogP) is 2.05. The molecule has 0 unspecified atom stereocenters. The Kier molecular flexibility index (Phi) is 3.52. The zero-order chi connectivity index (χ0) is 13.0. The Hall–Kier alpha value is -2.43. The van der Waals surface area contributed by atoms with E-state index in [4.69, 9.17) is 4.74 Å². The summed E-state index contributed by atoms with van der Waals surface area (Å²) in [5.41, 5.74) is 1.71. The third-order valence-corrected chi connectivity index (χ3v) is 2.36. The van der Waals surface area contributed by atoms with Crippen LogP contribution in [-0.4, -0.2) is 23.2 Å². The van der Waals surface area contributed by atoms with Gasteiger partial charge in [-0.2, -0.15) is 5.10 Å². The molecule has 0 spiro atoms. The standard InChI is InChI=1S/C13H13N3O2/c1-9-6-7-12(16-15-9)13(17)14-10-4-3-5-11(8-10)18-2/h3-8H,1-2H3,(H,14,17). The molecule has 2 rings (SSSR count). The van der Waals surface area contributed by atoms with Crippen molar-refractivity contribution in [2.24, 2.45) is 0 Å². The maximum Gasteiger partial charge on any atom is 0.276 e. The van der Waals surface area contributed by atoms with E-state index in [-0.39, 0.29) is 11.6 Å². The topological polar surface area (TPSA) is 64.1 Å². The highest BCUT2D eigenvalue weighted by atomic mass is 16.5. The molecule has 0 atom stereocenters. The van der Waals surface area contributed by atoms with Crippen molar-refractivity contribution < 1.29 is 9.53 Å². The summed E-state index contributed by atoms with van der Waals surface area (Å²) in [7, 11) is 1.58. The zero-order valence-electron chi connectivity index (χ0n) is 10.2. The first-order valence-corrected chi connectivity index (χ1v) is 5.45. The molecule has 0 aliphatic rings. The van der Waals surface area contributed by atoms with Crippen molar-refractivity contribution in [1.29, 1.82) is 0 Å². The average molecular weight is 243 g/mol. The van der Waals surface area contributed by atoms with Gasteiger partial charge < -0.3 is 10.1 Å². The number of anilines is 1. The first kappa shape index (κ1) is 12.0. The van der Waals surface area contributed by atoms with Crippen molar-refractivity contribution in [2.45, 2.75) is 6.92 Å². The van der Waals surface area contributed by atoms with Crippen molar-refractivity contribution in [3.8, 4) is 5.75 Å². The van der Waals surface area contributed by atoms with Crippen molar-refractivity contribution >= 4 is 11.6 Å². The summed E-state index contributed by atoms with van der Waals surface area (Å²) >= 11 is 0. The molecule has 1 heterocycles. The molecule has 0 saturated carbocycles. The van der Waals surface area contributed by atoms with Crippen LogP contribution in [0.3, 0.4) is 0 Å². The van der Waals surface area contributed by atoms with Crippen LogP contribution in [0.2, 0.25) is 0 Å². The van der Waals surface area contributed by atoms with Crippen molar-refractivity contribution in [2.75, 3.05) is 12.4 Å². The molecular weight excluding hydrogens is 230 g/mol. The lowest BCUT2D eigenvalue weighted by Crippen LogP contribution is -2.14. The number of hydrogen-bond acceptors (Lipinski definition) is 4. The summed E-state index contributed by atoms with van der Waals surface area (Å²) in [5.74, 6) is 0.388. The van der Waals surface area contributed by atoms with Gasteiger partial charge in [0.25, 0.3) is 5.91 Å². The maximum atomic E-state index is 11.9.